The van der Waals surface area contributed by atoms with Crippen LogP contribution in [0.15, 0.2) is 77.8 Å². The van der Waals surface area contributed by atoms with E-state index in [0.29, 0.717) is 35.5 Å². The molecular weight excluding hydrogens is 451 g/mol. The first kappa shape index (κ1) is 22.1. The van der Waals surface area contributed by atoms with Crippen LogP contribution in [0.2, 0.25) is 0 Å². The Kier molecular flexibility index (Phi) is 5.66. The second-order valence-electron chi connectivity index (χ2n) is 8.10. The van der Waals surface area contributed by atoms with Crippen LogP contribution < -0.4 is 10.2 Å². The average Bonchev–Trinajstić information content (AvgIpc) is 3.25. The van der Waals surface area contributed by atoms with E-state index in [1.807, 2.05) is 12.1 Å². The van der Waals surface area contributed by atoms with Gasteiger partial charge in [-0.3, -0.25) is 19.7 Å². The van der Waals surface area contributed by atoms with Crippen LogP contribution >= 0.6 is 0 Å². The minimum absolute atomic E-state index is 0.0600. The molecule has 0 fully saturated rings. The summed E-state index contributed by atoms with van der Waals surface area (Å²) in [6, 6.07) is 17.4. The van der Waals surface area contributed by atoms with Crippen molar-refractivity contribution < 1.29 is 18.9 Å². The zero-order valence-corrected chi connectivity index (χ0v) is 18.3. The molecule has 0 saturated heterocycles. The van der Waals surface area contributed by atoms with Crippen molar-refractivity contribution in [2.75, 3.05) is 11.4 Å². The summed E-state index contributed by atoms with van der Waals surface area (Å²) < 4.78 is 14.8. The van der Waals surface area contributed by atoms with Crippen molar-refractivity contribution in [1.82, 2.24) is 5.32 Å². The predicted molar refractivity (Wildman–Crippen MR) is 129 cm³/mol. The van der Waals surface area contributed by atoms with Crippen LogP contribution in [0.3, 0.4) is 0 Å². The number of hydrogen-bond donors (Lipinski definition) is 1. The van der Waals surface area contributed by atoms with Crippen molar-refractivity contribution in [3.8, 4) is 0 Å². The fourth-order valence-electron chi connectivity index (χ4n) is 4.29. The van der Waals surface area contributed by atoms with Crippen LogP contribution in [0, 0.1) is 15.9 Å². The Balaban J connectivity index is 1.47. The first-order chi connectivity index (χ1) is 16.9. The molecule has 2 amide bonds. The van der Waals surface area contributed by atoms with E-state index in [1.165, 1.54) is 42.5 Å². The molecule has 3 aromatic rings. The van der Waals surface area contributed by atoms with E-state index in [-0.39, 0.29) is 11.3 Å². The smallest absolute Gasteiger partial charge is 0.272 e. The van der Waals surface area contributed by atoms with E-state index in [1.54, 1.807) is 29.2 Å². The molecule has 0 spiro atoms. The molecule has 2 heterocycles. The van der Waals surface area contributed by atoms with Gasteiger partial charge >= 0.3 is 0 Å². The molecule has 0 saturated carbocycles. The minimum atomic E-state index is -1.25. The molecule has 5 rings (SSSR count). The third kappa shape index (κ3) is 4.19. The van der Waals surface area contributed by atoms with Crippen molar-refractivity contribution >= 4 is 35.0 Å². The fraction of sp³-hybridized carbons (Fsp3) is 0.115. The summed E-state index contributed by atoms with van der Waals surface area (Å²) in [4.78, 5) is 42.5. The van der Waals surface area contributed by atoms with Crippen LogP contribution in [0.1, 0.15) is 22.3 Å². The number of carbonyl (C=O) groups excluding carboxylic acids is 2. The van der Waals surface area contributed by atoms with Crippen molar-refractivity contribution in [1.29, 1.82) is 0 Å². The number of amides is 2. The number of nitrogens with one attached hydrogen (secondary N) is 1. The highest BCUT2D eigenvalue weighted by Gasteiger charge is 2.37. The summed E-state index contributed by atoms with van der Waals surface area (Å²) in [5.41, 5.74) is 3.34. The second kappa shape index (κ2) is 8.94. The maximum Gasteiger partial charge on any atom is 0.272 e. The predicted octanol–water partition coefficient (Wildman–Crippen LogP) is 3.63. The molecule has 35 heavy (non-hydrogen) atoms. The number of hydrogen-bond acceptors (Lipinski definition) is 5. The van der Waals surface area contributed by atoms with Gasteiger partial charge in [0.05, 0.1) is 16.3 Å². The molecule has 1 unspecified atom stereocenters. The maximum absolute atomic E-state index is 14.8. The van der Waals surface area contributed by atoms with Crippen LogP contribution in [-0.4, -0.2) is 35.2 Å². The average molecular weight is 470 g/mol. The number of nitro benzene ring substituents is 1. The van der Waals surface area contributed by atoms with Gasteiger partial charge in [0.1, 0.15) is 5.82 Å². The lowest BCUT2D eigenvalue weighted by Gasteiger charge is -2.20. The summed E-state index contributed by atoms with van der Waals surface area (Å²) in [5.74, 6) is -1.46. The Hall–Kier alpha value is -4.66. The number of aliphatic imine (C=N–C) groups is 1. The van der Waals surface area contributed by atoms with Gasteiger partial charge in [0, 0.05) is 35.9 Å². The van der Waals surface area contributed by atoms with Gasteiger partial charge in [-0.15, -0.1) is 0 Å². The number of anilines is 1. The maximum atomic E-state index is 14.8. The van der Waals surface area contributed by atoms with Crippen LogP contribution in [0.25, 0.3) is 6.08 Å². The molecule has 2 aliphatic rings. The standard InChI is InChI=1S/C26H19FN4O4/c27-21-7-2-1-5-19(21)23-20-6-3-4-17-14-15-30(24(17)20)26(33)25(29-23)28-22(32)13-10-16-8-11-18(12-9-16)31(34)35/h1-13,25H,14-15H2,(H,28,32)/b13-10+. The summed E-state index contributed by atoms with van der Waals surface area (Å²) in [5, 5.41) is 13.4. The Labute approximate surface area is 199 Å². The van der Waals surface area contributed by atoms with E-state index in [0.717, 1.165) is 5.56 Å². The van der Waals surface area contributed by atoms with Crippen molar-refractivity contribution in [2.45, 2.75) is 12.6 Å². The SMILES string of the molecule is O=C(/C=C/c1ccc([N+](=O)[O-])cc1)NC1N=C(c2ccccc2F)c2cccc3c2N(CC3)C1=O. The highest BCUT2D eigenvalue weighted by Crippen LogP contribution is 2.36. The van der Waals surface area contributed by atoms with Gasteiger partial charge in [-0.25, -0.2) is 9.38 Å². The van der Waals surface area contributed by atoms with Crippen molar-refractivity contribution in [2.24, 2.45) is 4.99 Å². The van der Waals surface area contributed by atoms with E-state index >= 15 is 0 Å². The van der Waals surface area contributed by atoms with E-state index < -0.39 is 28.7 Å². The Morgan fingerprint density at radius 3 is 2.57 bits per heavy atom. The first-order valence-corrected chi connectivity index (χ1v) is 10.9. The number of benzene rings is 3. The lowest BCUT2D eigenvalue weighted by molar-refractivity contribution is -0.384. The van der Waals surface area contributed by atoms with E-state index in [4.69, 9.17) is 0 Å². The fourth-order valence-corrected chi connectivity index (χ4v) is 4.29. The summed E-state index contributed by atoms with van der Waals surface area (Å²) >= 11 is 0. The number of rotatable bonds is 5. The number of carbonyl (C=O) groups is 2. The summed E-state index contributed by atoms with van der Waals surface area (Å²) in [7, 11) is 0. The van der Waals surface area contributed by atoms with Crippen LogP contribution in [0.4, 0.5) is 15.8 Å². The number of para-hydroxylation sites is 1. The second-order valence-corrected chi connectivity index (χ2v) is 8.10. The lowest BCUT2D eigenvalue weighted by atomic mass is 9.98. The zero-order chi connectivity index (χ0) is 24.5. The highest BCUT2D eigenvalue weighted by atomic mass is 19.1. The molecule has 174 valence electrons. The Bertz CT molecular complexity index is 1420. The molecule has 0 aliphatic carbocycles. The molecule has 1 atom stereocenters. The molecule has 8 nitrogen and oxygen atoms in total. The van der Waals surface area contributed by atoms with Gasteiger partial charge in [-0.2, -0.15) is 0 Å². The molecule has 2 aliphatic heterocycles. The molecule has 0 bridgehead atoms. The van der Waals surface area contributed by atoms with E-state index in [9.17, 15) is 24.1 Å². The Morgan fingerprint density at radius 2 is 1.83 bits per heavy atom. The van der Waals surface area contributed by atoms with Gasteiger partial charge in [-0.05, 0) is 47.9 Å². The molecule has 1 N–H and O–H groups in total. The molecule has 9 heteroatoms. The lowest BCUT2D eigenvalue weighted by Crippen LogP contribution is -2.46. The quantitative estimate of drug-likeness (QED) is 0.349. The first-order valence-electron chi connectivity index (χ1n) is 10.9. The number of nitrogens with zero attached hydrogens (tertiary/aromatic N) is 3. The summed E-state index contributed by atoms with van der Waals surface area (Å²) in [6.07, 6.45) is 2.10. The number of nitro groups is 1. The zero-order valence-electron chi connectivity index (χ0n) is 18.3. The summed E-state index contributed by atoms with van der Waals surface area (Å²) in [6.45, 7) is 0.441. The number of halogens is 1. The van der Waals surface area contributed by atoms with Gasteiger partial charge < -0.3 is 10.2 Å². The molecule has 3 aromatic carbocycles. The normalized spacial score (nSPS) is 16.6. The monoisotopic (exact) mass is 470 g/mol. The van der Waals surface area contributed by atoms with Gasteiger partial charge in [0.15, 0.2) is 0 Å². The van der Waals surface area contributed by atoms with Crippen molar-refractivity contribution in [3.05, 3.63) is 111 Å². The third-order valence-corrected chi connectivity index (χ3v) is 5.95. The number of non-ortho nitro benzene ring substituents is 1. The topological polar surface area (TPSA) is 105 Å². The van der Waals surface area contributed by atoms with Crippen LogP contribution in [0.5, 0.6) is 0 Å². The molecular formula is C26H19FN4O4. The highest BCUT2D eigenvalue weighted by molar-refractivity contribution is 6.21. The van der Waals surface area contributed by atoms with Gasteiger partial charge in [0.2, 0.25) is 12.1 Å². The van der Waals surface area contributed by atoms with E-state index in [2.05, 4.69) is 10.3 Å². The molecule has 0 radical (unpaired) electrons. The minimum Gasteiger partial charge on any atom is -0.323 e. The van der Waals surface area contributed by atoms with Gasteiger partial charge in [0.25, 0.3) is 11.6 Å². The van der Waals surface area contributed by atoms with Crippen LogP contribution in [-0.2, 0) is 16.0 Å². The largest absolute Gasteiger partial charge is 0.323 e. The third-order valence-electron chi connectivity index (χ3n) is 5.95. The molecule has 0 aromatic heterocycles. The Morgan fingerprint density at radius 1 is 1.09 bits per heavy atom. The van der Waals surface area contributed by atoms with Gasteiger partial charge in [-0.1, -0.05) is 30.3 Å². The van der Waals surface area contributed by atoms with Crippen molar-refractivity contribution in [3.63, 3.8) is 0 Å².